The predicted octanol–water partition coefficient (Wildman–Crippen LogP) is 2.32. The van der Waals surface area contributed by atoms with E-state index >= 15 is 0 Å². The maximum atomic E-state index is 13.0. The van der Waals surface area contributed by atoms with E-state index in [4.69, 9.17) is 5.73 Å². The maximum Gasteiger partial charge on any atom is 0.278 e. The van der Waals surface area contributed by atoms with Crippen LogP contribution in [-0.2, 0) is 0 Å². The molecule has 0 saturated carbocycles. The molecule has 2 aromatic rings. The number of nitrogens with two attached hydrogens (primary N) is 1. The van der Waals surface area contributed by atoms with Gasteiger partial charge in [0.2, 0.25) is 0 Å². The molecule has 0 atom stereocenters. The van der Waals surface area contributed by atoms with Crippen LogP contribution in [0, 0.1) is 5.82 Å². The van der Waals surface area contributed by atoms with Crippen molar-refractivity contribution in [3.05, 3.63) is 57.2 Å². The highest BCUT2D eigenvalue weighted by molar-refractivity contribution is 9.10. The van der Waals surface area contributed by atoms with Crippen LogP contribution < -0.4 is 11.3 Å². The van der Waals surface area contributed by atoms with E-state index in [1.165, 1.54) is 28.8 Å². The summed E-state index contributed by atoms with van der Waals surface area (Å²) in [6.07, 6.45) is 1.55. The number of anilines is 1. The van der Waals surface area contributed by atoms with Gasteiger partial charge in [0.25, 0.3) is 5.56 Å². The summed E-state index contributed by atoms with van der Waals surface area (Å²) >= 11 is 3.23. The predicted molar refractivity (Wildman–Crippen MR) is 64.1 cm³/mol. The summed E-state index contributed by atoms with van der Waals surface area (Å²) in [5, 5.41) is 0. The third-order valence-corrected chi connectivity index (χ3v) is 2.53. The van der Waals surface area contributed by atoms with E-state index in [0.29, 0.717) is 10.2 Å². The van der Waals surface area contributed by atoms with Gasteiger partial charge in [0.1, 0.15) is 5.82 Å². The van der Waals surface area contributed by atoms with Crippen molar-refractivity contribution in [3.8, 4) is 5.69 Å². The molecule has 3 nitrogen and oxygen atoms in total. The van der Waals surface area contributed by atoms with Gasteiger partial charge in [0.05, 0.1) is 11.4 Å². The summed E-state index contributed by atoms with van der Waals surface area (Å²) in [5.41, 5.74) is 5.73. The average molecular weight is 283 g/mol. The van der Waals surface area contributed by atoms with Gasteiger partial charge >= 0.3 is 0 Å². The molecule has 0 spiro atoms. The van der Waals surface area contributed by atoms with Crippen LogP contribution in [0.5, 0.6) is 0 Å². The van der Waals surface area contributed by atoms with E-state index in [0.717, 1.165) is 0 Å². The van der Waals surface area contributed by atoms with Gasteiger partial charge in [-0.15, -0.1) is 0 Å². The van der Waals surface area contributed by atoms with Gasteiger partial charge < -0.3 is 5.73 Å². The molecule has 0 unspecified atom stereocenters. The lowest BCUT2D eigenvalue weighted by molar-refractivity contribution is 0.626. The Morgan fingerprint density at radius 2 is 2.06 bits per heavy atom. The van der Waals surface area contributed by atoms with Crippen molar-refractivity contribution in [2.45, 2.75) is 0 Å². The zero-order valence-electron chi connectivity index (χ0n) is 8.15. The van der Waals surface area contributed by atoms with Gasteiger partial charge in [0, 0.05) is 10.7 Å². The Bertz CT molecular complexity index is 595. The average Bonchev–Trinajstić information content (AvgIpc) is 2.23. The summed E-state index contributed by atoms with van der Waals surface area (Å²) in [7, 11) is 0. The number of benzene rings is 1. The Balaban J connectivity index is 2.69. The van der Waals surface area contributed by atoms with E-state index in [2.05, 4.69) is 15.9 Å². The minimum atomic E-state index is -0.400. The Labute approximate surface area is 99.5 Å². The van der Waals surface area contributed by atoms with Crippen LogP contribution in [-0.4, -0.2) is 4.57 Å². The number of halogens is 2. The van der Waals surface area contributed by atoms with Crippen molar-refractivity contribution < 1.29 is 4.39 Å². The van der Waals surface area contributed by atoms with Crippen molar-refractivity contribution >= 4 is 21.6 Å². The fourth-order valence-corrected chi connectivity index (χ4v) is 1.84. The number of pyridine rings is 1. The molecule has 2 N–H and O–H groups in total. The van der Waals surface area contributed by atoms with E-state index in [1.54, 1.807) is 12.3 Å². The SMILES string of the molecule is Nc1cc(Br)cn(-c2cccc(F)c2)c1=O. The highest BCUT2D eigenvalue weighted by Crippen LogP contribution is 2.14. The molecule has 0 aliphatic rings. The van der Waals surface area contributed by atoms with Gasteiger partial charge in [-0.05, 0) is 40.2 Å². The van der Waals surface area contributed by atoms with Crippen molar-refractivity contribution in [1.29, 1.82) is 0 Å². The Morgan fingerprint density at radius 1 is 1.31 bits per heavy atom. The Kier molecular flexibility index (Phi) is 2.78. The molecule has 5 heteroatoms. The largest absolute Gasteiger partial charge is 0.394 e. The van der Waals surface area contributed by atoms with Crippen molar-refractivity contribution in [3.63, 3.8) is 0 Å². The van der Waals surface area contributed by atoms with Crippen LogP contribution in [0.15, 0.2) is 45.8 Å². The highest BCUT2D eigenvalue weighted by atomic mass is 79.9. The molecule has 0 aliphatic heterocycles. The number of hydrogen-bond acceptors (Lipinski definition) is 2. The first-order chi connectivity index (χ1) is 7.58. The number of rotatable bonds is 1. The number of hydrogen-bond donors (Lipinski definition) is 1. The highest BCUT2D eigenvalue weighted by Gasteiger charge is 2.05. The van der Waals surface area contributed by atoms with E-state index in [-0.39, 0.29) is 11.2 Å². The monoisotopic (exact) mass is 282 g/mol. The van der Waals surface area contributed by atoms with Gasteiger partial charge in [0.15, 0.2) is 0 Å². The first-order valence-corrected chi connectivity index (χ1v) is 5.31. The van der Waals surface area contributed by atoms with E-state index < -0.39 is 5.82 Å². The Hall–Kier alpha value is -1.62. The minimum Gasteiger partial charge on any atom is -0.394 e. The topological polar surface area (TPSA) is 48.0 Å². The zero-order chi connectivity index (χ0) is 11.7. The van der Waals surface area contributed by atoms with Crippen LogP contribution in [0.4, 0.5) is 10.1 Å². The molecule has 0 amide bonds. The molecule has 82 valence electrons. The third-order valence-electron chi connectivity index (χ3n) is 2.10. The second-order valence-electron chi connectivity index (χ2n) is 3.27. The molecule has 0 fully saturated rings. The lowest BCUT2D eigenvalue weighted by Crippen LogP contribution is -2.20. The van der Waals surface area contributed by atoms with Gasteiger partial charge in [-0.3, -0.25) is 9.36 Å². The summed E-state index contributed by atoms with van der Waals surface area (Å²) in [5.74, 6) is -0.400. The molecule has 16 heavy (non-hydrogen) atoms. The minimum absolute atomic E-state index is 0.110. The summed E-state index contributed by atoms with van der Waals surface area (Å²) in [6, 6.07) is 7.27. The smallest absolute Gasteiger partial charge is 0.278 e. The molecular formula is C11H8BrFN2O. The van der Waals surface area contributed by atoms with Crippen LogP contribution in [0.2, 0.25) is 0 Å². The second-order valence-corrected chi connectivity index (χ2v) is 4.18. The van der Waals surface area contributed by atoms with Crippen LogP contribution in [0.25, 0.3) is 5.69 Å². The molecule has 2 rings (SSSR count). The fourth-order valence-electron chi connectivity index (χ4n) is 1.39. The molecule has 0 aliphatic carbocycles. The molecule has 0 saturated heterocycles. The fraction of sp³-hybridized carbons (Fsp3) is 0. The van der Waals surface area contributed by atoms with Gasteiger partial charge in [-0.25, -0.2) is 4.39 Å². The summed E-state index contributed by atoms with van der Waals surface area (Å²) < 4.78 is 15.0. The third kappa shape index (κ3) is 1.99. The number of aromatic nitrogens is 1. The lowest BCUT2D eigenvalue weighted by atomic mass is 10.3. The Morgan fingerprint density at radius 3 is 2.75 bits per heavy atom. The van der Waals surface area contributed by atoms with Crippen LogP contribution in [0.3, 0.4) is 0 Å². The normalized spacial score (nSPS) is 10.4. The first kappa shape index (κ1) is 10.9. The molecule has 1 heterocycles. The molecular weight excluding hydrogens is 275 g/mol. The van der Waals surface area contributed by atoms with Crippen LogP contribution >= 0.6 is 15.9 Å². The second kappa shape index (κ2) is 4.09. The lowest BCUT2D eigenvalue weighted by Gasteiger charge is -2.07. The number of nitrogen functional groups attached to an aromatic ring is 1. The van der Waals surface area contributed by atoms with Gasteiger partial charge in [-0.1, -0.05) is 6.07 Å². The first-order valence-electron chi connectivity index (χ1n) is 4.51. The zero-order valence-corrected chi connectivity index (χ0v) is 9.74. The molecule has 1 aromatic carbocycles. The van der Waals surface area contributed by atoms with Crippen molar-refractivity contribution in [2.75, 3.05) is 5.73 Å². The van der Waals surface area contributed by atoms with Gasteiger partial charge in [-0.2, -0.15) is 0 Å². The standard InChI is InChI=1S/C11H8BrFN2O/c12-7-4-10(14)11(16)15(6-7)9-3-1-2-8(13)5-9/h1-6H,14H2. The number of nitrogens with zero attached hydrogens (tertiary/aromatic N) is 1. The maximum absolute atomic E-state index is 13.0. The quantitative estimate of drug-likeness (QED) is 0.873. The van der Waals surface area contributed by atoms with Crippen molar-refractivity contribution in [1.82, 2.24) is 4.57 Å². The molecule has 1 aromatic heterocycles. The molecule has 0 radical (unpaired) electrons. The summed E-state index contributed by atoms with van der Waals surface area (Å²) in [6.45, 7) is 0. The van der Waals surface area contributed by atoms with E-state index in [1.807, 2.05) is 0 Å². The molecule has 0 bridgehead atoms. The van der Waals surface area contributed by atoms with Crippen LogP contribution in [0.1, 0.15) is 0 Å². The van der Waals surface area contributed by atoms with Crippen molar-refractivity contribution in [2.24, 2.45) is 0 Å². The van der Waals surface area contributed by atoms with E-state index in [9.17, 15) is 9.18 Å². The summed E-state index contributed by atoms with van der Waals surface area (Å²) in [4.78, 5) is 11.7.